The summed E-state index contributed by atoms with van der Waals surface area (Å²) in [5, 5.41) is 2.90. The van der Waals surface area contributed by atoms with Gasteiger partial charge >= 0.3 is 6.03 Å². The second-order valence-corrected chi connectivity index (χ2v) is 6.31. The van der Waals surface area contributed by atoms with E-state index in [1.807, 2.05) is 48.2 Å². The Bertz CT molecular complexity index is 717. The lowest BCUT2D eigenvalue weighted by Crippen LogP contribution is -2.53. The second-order valence-electron chi connectivity index (χ2n) is 6.31. The van der Waals surface area contributed by atoms with Crippen LogP contribution in [0.15, 0.2) is 42.6 Å². The predicted molar refractivity (Wildman–Crippen MR) is 101 cm³/mol. The molecule has 0 unspecified atom stereocenters. The molecule has 0 radical (unpaired) electrons. The van der Waals surface area contributed by atoms with E-state index in [-0.39, 0.29) is 12.1 Å². The van der Waals surface area contributed by atoms with Crippen LogP contribution >= 0.6 is 0 Å². The van der Waals surface area contributed by atoms with Crippen molar-refractivity contribution in [1.29, 1.82) is 0 Å². The van der Waals surface area contributed by atoms with E-state index in [2.05, 4.69) is 20.2 Å². The Labute approximate surface area is 154 Å². The Kier molecular flexibility index (Phi) is 6.01. The number of nitrogens with zero attached hydrogens (tertiary/aromatic N) is 4. The number of ether oxygens (including phenoxy) is 1. The number of hydrogen-bond acceptors (Lipinski definition) is 5. The lowest BCUT2D eigenvalue weighted by molar-refractivity contribution is 0.115. The standard InChI is InChI=1S/C19H25N5O2/c1-15(26-2)14-21-19(25)24-12-10-23(11-13-24)18-20-9-8-17(22-18)16-6-4-3-5-7-16/h3-9,15H,10-14H2,1-2H3,(H,21,25)/t15-/m0/s1. The van der Waals surface area contributed by atoms with E-state index in [1.165, 1.54) is 0 Å². The van der Waals surface area contributed by atoms with Gasteiger partial charge in [0.25, 0.3) is 0 Å². The summed E-state index contributed by atoms with van der Waals surface area (Å²) in [6.07, 6.45) is 1.80. The van der Waals surface area contributed by atoms with E-state index in [0.717, 1.165) is 11.3 Å². The molecule has 1 aliphatic rings. The van der Waals surface area contributed by atoms with Crippen molar-refractivity contribution in [2.45, 2.75) is 13.0 Å². The SMILES string of the molecule is CO[C@@H](C)CNC(=O)N1CCN(c2nccc(-c3ccccc3)n2)CC1. The number of nitrogens with one attached hydrogen (secondary N) is 1. The lowest BCUT2D eigenvalue weighted by Gasteiger charge is -2.34. The molecule has 1 saturated heterocycles. The Balaban J connectivity index is 1.58. The number of carbonyl (C=O) groups is 1. The molecule has 26 heavy (non-hydrogen) atoms. The molecule has 1 aliphatic heterocycles. The van der Waals surface area contributed by atoms with Crippen molar-refractivity contribution in [3.05, 3.63) is 42.6 Å². The number of rotatable bonds is 5. The van der Waals surface area contributed by atoms with Gasteiger partial charge < -0.3 is 19.9 Å². The number of urea groups is 1. The zero-order valence-electron chi connectivity index (χ0n) is 15.3. The predicted octanol–water partition coefficient (Wildman–Crippen LogP) is 2.01. The number of piperazine rings is 1. The molecule has 2 amide bonds. The number of methoxy groups -OCH3 is 1. The normalized spacial score (nSPS) is 15.6. The van der Waals surface area contributed by atoms with Gasteiger partial charge in [0.15, 0.2) is 0 Å². The van der Waals surface area contributed by atoms with E-state index in [0.29, 0.717) is 38.7 Å². The van der Waals surface area contributed by atoms with Crippen LogP contribution in [0.5, 0.6) is 0 Å². The maximum atomic E-state index is 12.2. The zero-order valence-corrected chi connectivity index (χ0v) is 15.3. The summed E-state index contributed by atoms with van der Waals surface area (Å²) in [7, 11) is 1.64. The monoisotopic (exact) mass is 355 g/mol. The molecule has 0 saturated carbocycles. The highest BCUT2D eigenvalue weighted by Gasteiger charge is 2.22. The molecule has 2 heterocycles. The smallest absolute Gasteiger partial charge is 0.317 e. The summed E-state index contributed by atoms with van der Waals surface area (Å²) in [5.74, 6) is 0.708. The molecule has 1 aromatic carbocycles. The van der Waals surface area contributed by atoms with Crippen LogP contribution in [-0.2, 0) is 4.74 Å². The minimum Gasteiger partial charge on any atom is -0.380 e. The molecule has 1 N–H and O–H groups in total. The van der Waals surface area contributed by atoms with E-state index < -0.39 is 0 Å². The second kappa shape index (κ2) is 8.62. The minimum absolute atomic E-state index is 0.00867. The van der Waals surface area contributed by atoms with Crippen LogP contribution in [-0.4, -0.2) is 66.8 Å². The summed E-state index contributed by atoms with van der Waals surface area (Å²) in [6, 6.07) is 11.9. The van der Waals surface area contributed by atoms with Crippen LogP contribution in [0, 0.1) is 0 Å². The van der Waals surface area contributed by atoms with Gasteiger partial charge in [-0.2, -0.15) is 0 Å². The largest absolute Gasteiger partial charge is 0.380 e. The fourth-order valence-corrected chi connectivity index (χ4v) is 2.81. The molecular formula is C19H25N5O2. The number of carbonyl (C=O) groups excluding carboxylic acids is 1. The highest BCUT2D eigenvalue weighted by molar-refractivity contribution is 5.74. The highest BCUT2D eigenvalue weighted by atomic mass is 16.5. The third-order valence-electron chi connectivity index (χ3n) is 4.51. The molecular weight excluding hydrogens is 330 g/mol. The molecule has 138 valence electrons. The maximum Gasteiger partial charge on any atom is 0.317 e. The van der Waals surface area contributed by atoms with Crippen LogP contribution in [0.2, 0.25) is 0 Å². The molecule has 7 heteroatoms. The van der Waals surface area contributed by atoms with Gasteiger partial charge in [-0.1, -0.05) is 30.3 Å². The number of amides is 2. The van der Waals surface area contributed by atoms with Gasteiger partial charge in [-0.05, 0) is 13.0 Å². The summed E-state index contributed by atoms with van der Waals surface area (Å²) >= 11 is 0. The van der Waals surface area contributed by atoms with Gasteiger partial charge in [0, 0.05) is 51.6 Å². The Morgan fingerprint density at radius 2 is 1.92 bits per heavy atom. The first-order valence-corrected chi connectivity index (χ1v) is 8.86. The van der Waals surface area contributed by atoms with Gasteiger partial charge in [-0.3, -0.25) is 0 Å². The first-order chi connectivity index (χ1) is 12.7. The van der Waals surface area contributed by atoms with Gasteiger partial charge in [-0.15, -0.1) is 0 Å². The molecule has 1 fully saturated rings. The molecule has 1 aromatic heterocycles. The van der Waals surface area contributed by atoms with Crippen LogP contribution < -0.4 is 10.2 Å². The van der Waals surface area contributed by atoms with Crippen LogP contribution in [0.3, 0.4) is 0 Å². The van der Waals surface area contributed by atoms with Crippen molar-refractivity contribution in [2.75, 3.05) is 44.7 Å². The quantitative estimate of drug-likeness (QED) is 0.888. The summed E-state index contributed by atoms with van der Waals surface area (Å²) in [4.78, 5) is 25.2. The Hall–Kier alpha value is -2.67. The van der Waals surface area contributed by atoms with Gasteiger partial charge in [0.05, 0.1) is 11.8 Å². The van der Waals surface area contributed by atoms with Crippen molar-refractivity contribution < 1.29 is 9.53 Å². The van der Waals surface area contributed by atoms with Crippen LogP contribution in [0.1, 0.15) is 6.92 Å². The van der Waals surface area contributed by atoms with Crippen molar-refractivity contribution >= 4 is 12.0 Å². The van der Waals surface area contributed by atoms with Crippen molar-refractivity contribution in [3.63, 3.8) is 0 Å². The van der Waals surface area contributed by atoms with Crippen LogP contribution in [0.25, 0.3) is 11.3 Å². The van der Waals surface area contributed by atoms with Gasteiger partial charge in [0.2, 0.25) is 5.95 Å². The molecule has 0 bridgehead atoms. The maximum absolute atomic E-state index is 12.2. The molecule has 0 aliphatic carbocycles. The lowest BCUT2D eigenvalue weighted by atomic mass is 10.1. The van der Waals surface area contributed by atoms with Crippen LogP contribution in [0.4, 0.5) is 10.7 Å². The first kappa shape index (κ1) is 18.1. The minimum atomic E-state index is -0.0486. The third kappa shape index (κ3) is 4.49. The van der Waals surface area contributed by atoms with E-state index in [4.69, 9.17) is 4.74 Å². The first-order valence-electron chi connectivity index (χ1n) is 8.86. The number of anilines is 1. The molecule has 0 spiro atoms. The van der Waals surface area contributed by atoms with Crippen molar-refractivity contribution in [2.24, 2.45) is 0 Å². The van der Waals surface area contributed by atoms with E-state index >= 15 is 0 Å². The average molecular weight is 355 g/mol. The molecule has 2 aromatic rings. The molecule has 7 nitrogen and oxygen atoms in total. The molecule has 3 rings (SSSR count). The summed E-state index contributed by atoms with van der Waals surface area (Å²) in [5.41, 5.74) is 1.98. The number of benzene rings is 1. The fraction of sp³-hybridized carbons (Fsp3) is 0.421. The summed E-state index contributed by atoms with van der Waals surface area (Å²) < 4.78 is 5.15. The number of aromatic nitrogens is 2. The van der Waals surface area contributed by atoms with E-state index in [1.54, 1.807) is 13.3 Å². The Morgan fingerprint density at radius 3 is 2.62 bits per heavy atom. The third-order valence-corrected chi connectivity index (χ3v) is 4.51. The van der Waals surface area contributed by atoms with Gasteiger partial charge in [-0.25, -0.2) is 14.8 Å². The van der Waals surface area contributed by atoms with Gasteiger partial charge in [0.1, 0.15) is 0 Å². The average Bonchev–Trinajstić information content (AvgIpc) is 2.72. The van der Waals surface area contributed by atoms with Crippen molar-refractivity contribution in [1.82, 2.24) is 20.2 Å². The Morgan fingerprint density at radius 1 is 1.19 bits per heavy atom. The van der Waals surface area contributed by atoms with Crippen molar-refractivity contribution in [3.8, 4) is 11.3 Å². The number of hydrogen-bond donors (Lipinski definition) is 1. The fourth-order valence-electron chi connectivity index (χ4n) is 2.81. The van der Waals surface area contributed by atoms with E-state index in [9.17, 15) is 4.79 Å². The highest BCUT2D eigenvalue weighted by Crippen LogP contribution is 2.19. The molecule has 1 atom stereocenters. The summed E-state index contributed by atoms with van der Waals surface area (Å²) in [6.45, 7) is 5.16. The zero-order chi connectivity index (χ0) is 18.4. The topological polar surface area (TPSA) is 70.6 Å².